The standard InChI is InChI=1S/C12H14ClN3/c1-4-16-9(3)11(13)12(15-16)10-7-8(2)5-6-14-10/h5-7H,4H2,1-3H3. The zero-order valence-corrected chi connectivity index (χ0v) is 10.4. The summed E-state index contributed by atoms with van der Waals surface area (Å²) in [4.78, 5) is 4.30. The molecule has 0 saturated heterocycles. The van der Waals surface area contributed by atoms with E-state index in [1.54, 1.807) is 6.20 Å². The highest BCUT2D eigenvalue weighted by Crippen LogP contribution is 2.28. The Morgan fingerprint density at radius 3 is 2.69 bits per heavy atom. The maximum Gasteiger partial charge on any atom is 0.130 e. The van der Waals surface area contributed by atoms with E-state index in [9.17, 15) is 0 Å². The summed E-state index contributed by atoms with van der Waals surface area (Å²) in [5.41, 5.74) is 3.75. The molecule has 84 valence electrons. The lowest BCUT2D eigenvalue weighted by Crippen LogP contribution is -1.98. The fourth-order valence-electron chi connectivity index (χ4n) is 1.66. The lowest BCUT2D eigenvalue weighted by atomic mass is 10.2. The Morgan fingerprint density at radius 1 is 1.38 bits per heavy atom. The summed E-state index contributed by atoms with van der Waals surface area (Å²) in [5.74, 6) is 0. The van der Waals surface area contributed by atoms with Gasteiger partial charge in [0.2, 0.25) is 0 Å². The van der Waals surface area contributed by atoms with Crippen molar-refractivity contribution in [2.45, 2.75) is 27.3 Å². The molecule has 0 aliphatic heterocycles. The maximum absolute atomic E-state index is 6.26. The van der Waals surface area contributed by atoms with Crippen molar-refractivity contribution in [3.63, 3.8) is 0 Å². The molecule has 0 unspecified atom stereocenters. The van der Waals surface area contributed by atoms with Crippen molar-refractivity contribution in [1.29, 1.82) is 0 Å². The molecule has 3 nitrogen and oxygen atoms in total. The van der Waals surface area contributed by atoms with E-state index in [1.165, 1.54) is 0 Å². The lowest BCUT2D eigenvalue weighted by molar-refractivity contribution is 0.641. The van der Waals surface area contributed by atoms with Crippen molar-refractivity contribution in [3.05, 3.63) is 34.6 Å². The smallest absolute Gasteiger partial charge is 0.130 e. The van der Waals surface area contributed by atoms with E-state index in [2.05, 4.69) is 10.1 Å². The third-order valence-corrected chi connectivity index (χ3v) is 3.04. The van der Waals surface area contributed by atoms with E-state index in [-0.39, 0.29) is 0 Å². The van der Waals surface area contributed by atoms with Gasteiger partial charge in [-0.1, -0.05) is 11.6 Å². The first-order chi connectivity index (χ1) is 7.63. The summed E-state index contributed by atoms with van der Waals surface area (Å²) in [5, 5.41) is 5.16. The SMILES string of the molecule is CCn1nc(-c2cc(C)ccn2)c(Cl)c1C. The highest BCUT2D eigenvalue weighted by molar-refractivity contribution is 6.33. The molecular weight excluding hydrogens is 222 g/mol. The normalized spacial score (nSPS) is 10.8. The summed E-state index contributed by atoms with van der Waals surface area (Å²) < 4.78 is 1.89. The molecule has 0 aliphatic rings. The van der Waals surface area contributed by atoms with Gasteiger partial charge < -0.3 is 0 Å². The van der Waals surface area contributed by atoms with Gasteiger partial charge in [-0.2, -0.15) is 5.10 Å². The van der Waals surface area contributed by atoms with Crippen LogP contribution in [-0.2, 0) is 6.54 Å². The zero-order chi connectivity index (χ0) is 11.7. The molecule has 0 bridgehead atoms. The maximum atomic E-state index is 6.26. The number of hydrogen-bond donors (Lipinski definition) is 0. The average molecular weight is 236 g/mol. The van der Waals surface area contributed by atoms with Gasteiger partial charge in [-0.05, 0) is 38.5 Å². The minimum Gasteiger partial charge on any atom is -0.268 e. The van der Waals surface area contributed by atoms with Crippen molar-refractivity contribution in [3.8, 4) is 11.4 Å². The molecular formula is C12H14ClN3. The van der Waals surface area contributed by atoms with Crippen molar-refractivity contribution in [2.24, 2.45) is 0 Å². The number of hydrogen-bond acceptors (Lipinski definition) is 2. The van der Waals surface area contributed by atoms with Crippen LogP contribution in [0.2, 0.25) is 5.02 Å². The van der Waals surface area contributed by atoms with E-state index in [4.69, 9.17) is 11.6 Å². The molecule has 0 aliphatic carbocycles. The minimum atomic E-state index is 0.694. The van der Waals surface area contributed by atoms with Gasteiger partial charge in [-0.25, -0.2) is 0 Å². The van der Waals surface area contributed by atoms with Crippen LogP contribution in [0.15, 0.2) is 18.3 Å². The Hall–Kier alpha value is -1.35. The summed E-state index contributed by atoms with van der Waals surface area (Å²) in [6.07, 6.45) is 1.78. The summed E-state index contributed by atoms with van der Waals surface area (Å²) in [6.45, 7) is 6.86. The fraction of sp³-hybridized carbons (Fsp3) is 0.333. The second-order valence-corrected chi connectivity index (χ2v) is 4.16. The van der Waals surface area contributed by atoms with E-state index in [0.717, 1.165) is 29.2 Å². The number of halogens is 1. The van der Waals surface area contributed by atoms with Crippen LogP contribution in [0.25, 0.3) is 11.4 Å². The third-order valence-electron chi connectivity index (χ3n) is 2.59. The second kappa shape index (κ2) is 4.26. The quantitative estimate of drug-likeness (QED) is 0.800. The predicted octanol–water partition coefficient (Wildman–Crippen LogP) is 3.24. The zero-order valence-electron chi connectivity index (χ0n) is 9.66. The highest BCUT2D eigenvalue weighted by Gasteiger charge is 2.14. The van der Waals surface area contributed by atoms with Gasteiger partial charge in [0.15, 0.2) is 0 Å². The molecule has 4 heteroatoms. The fourth-order valence-corrected chi connectivity index (χ4v) is 1.89. The lowest BCUT2D eigenvalue weighted by Gasteiger charge is -1.98. The minimum absolute atomic E-state index is 0.694. The first-order valence-corrected chi connectivity index (χ1v) is 5.67. The van der Waals surface area contributed by atoms with Gasteiger partial charge in [0.05, 0.1) is 16.4 Å². The van der Waals surface area contributed by atoms with Gasteiger partial charge in [0, 0.05) is 12.7 Å². The van der Waals surface area contributed by atoms with Crippen LogP contribution in [0.4, 0.5) is 0 Å². The molecule has 0 N–H and O–H groups in total. The number of aryl methyl sites for hydroxylation is 2. The van der Waals surface area contributed by atoms with Crippen LogP contribution in [0.3, 0.4) is 0 Å². The molecule has 0 amide bonds. The Balaban J connectivity index is 2.56. The van der Waals surface area contributed by atoms with E-state index >= 15 is 0 Å². The van der Waals surface area contributed by atoms with Crippen molar-refractivity contribution in [1.82, 2.24) is 14.8 Å². The molecule has 2 aromatic rings. The Bertz CT molecular complexity index is 517. The Morgan fingerprint density at radius 2 is 2.12 bits per heavy atom. The van der Waals surface area contributed by atoms with Crippen molar-refractivity contribution >= 4 is 11.6 Å². The van der Waals surface area contributed by atoms with E-state index in [1.807, 2.05) is 37.6 Å². The Kier molecular flexibility index (Phi) is 2.97. The van der Waals surface area contributed by atoms with Gasteiger partial charge >= 0.3 is 0 Å². The van der Waals surface area contributed by atoms with Crippen LogP contribution < -0.4 is 0 Å². The average Bonchev–Trinajstić information content (AvgIpc) is 2.56. The first-order valence-electron chi connectivity index (χ1n) is 5.29. The molecule has 0 atom stereocenters. The number of nitrogens with zero attached hydrogens (tertiary/aromatic N) is 3. The molecule has 0 spiro atoms. The van der Waals surface area contributed by atoms with Crippen LogP contribution in [0.5, 0.6) is 0 Å². The highest BCUT2D eigenvalue weighted by atomic mass is 35.5. The van der Waals surface area contributed by atoms with Gasteiger partial charge in [-0.3, -0.25) is 9.67 Å². The van der Waals surface area contributed by atoms with Gasteiger partial charge in [0.25, 0.3) is 0 Å². The molecule has 0 fully saturated rings. The topological polar surface area (TPSA) is 30.7 Å². The predicted molar refractivity (Wildman–Crippen MR) is 65.6 cm³/mol. The molecule has 16 heavy (non-hydrogen) atoms. The summed E-state index contributed by atoms with van der Waals surface area (Å²) in [6, 6.07) is 3.95. The van der Waals surface area contributed by atoms with E-state index < -0.39 is 0 Å². The monoisotopic (exact) mass is 235 g/mol. The molecule has 0 aromatic carbocycles. The molecule has 0 saturated carbocycles. The number of aromatic nitrogens is 3. The van der Waals surface area contributed by atoms with Crippen LogP contribution in [-0.4, -0.2) is 14.8 Å². The summed E-state index contributed by atoms with van der Waals surface area (Å²) in [7, 11) is 0. The summed E-state index contributed by atoms with van der Waals surface area (Å²) >= 11 is 6.26. The van der Waals surface area contributed by atoms with Crippen LogP contribution in [0, 0.1) is 13.8 Å². The van der Waals surface area contributed by atoms with Gasteiger partial charge in [-0.15, -0.1) is 0 Å². The Labute approximate surface area is 100 Å². The van der Waals surface area contributed by atoms with Crippen molar-refractivity contribution in [2.75, 3.05) is 0 Å². The second-order valence-electron chi connectivity index (χ2n) is 3.78. The molecule has 2 aromatic heterocycles. The first kappa shape index (κ1) is 11.1. The van der Waals surface area contributed by atoms with Crippen LogP contribution in [0.1, 0.15) is 18.2 Å². The van der Waals surface area contributed by atoms with E-state index in [0.29, 0.717) is 5.02 Å². The number of pyridine rings is 1. The third kappa shape index (κ3) is 1.83. The molecule has 0 radical (unpaired) electrons. The molecule has 2 rings (SSSR count). The van der Waals surface area contributed by atoms with Crippen molar-refractivity contribution < 1.29 is 0 Å². The van der Waals surface area contributed by atoms with Gasteiger partial charge in [0.1, 0.15) is 5.69 Å². The number of rotatable bonds is 2. The molecule has 2 heterocycles. The van der Waals surface area contributed by atoms with Crippen LogP contribution >= 0.6 is 11.6 Å². The largest absolute Gasteiger partial charge is 0.268 e.